The number of ether oxygens (including phenoxy) is 1. The molecule has 0 aliphatic heterocycles. The molecular formula is C18H18O2. The summed E-state index contributed by atoms with van der Waals surface area (Å²) in [6.07, 6.45) is 6.33. The molecule has 0 atom stereocenters. The number of carbonyl (C=O) groups excluding carboxylic acids is 1. The molecule has 0 heterocycles. The maximum atomic E-state index is 10.2. The third kappa shape index (κ3) is 4.73. The van der Waals surface area contributed by atoms with Crippen LogP contribution in [0.25, 0.3) is 6.08 Å². The summed E-state index contributed by atoms with van der Waals surface area (Å²) in [6.45, 7) is 0.579. The summed E-state index contributed by atoms with van der Waals surface area (Å²) < 4.78 is 5.72. The summed E-state index contributed by atoms with van der Waals surface area (Å²) in [5, 5.41) is 0. The van der Waals surface area contributed by atoms with Gasteiger partial charge in [0.2, 0.25) is 0 Å². The first-order valence-corrected chi connectivity index (χ1v) is 6.75. The molecule has 20 heavy (non-hydrogen) atoms. The highest BCUT2D eigenvalue weighted by Crippen LogP contribution is 2.15. The van der Waals surface area contributed by atoms with Crippen molar-refractivity contribution in [3.8, 4) is 5.75 Å². The summed E-state index contributed by atoms with van der Waals surface area (Å²) >= 11 is 0. The molecule has 0 saturated carbocycles. The van der Waals surface area contributed by atoms with E-state index < -0.39 is 0 Å². The smallest absolute Gasteiger partial charge is 0.120 e. The zero-order valence-electron chi connectivity index (χ0n) is 11.4. The van der Waals surface area contributed by atoms with E-state index in [2.05, 4.69) is 0 Å². The second-order valence-electron chi connectivity index (χ2n) is 4.49. The van der Waals surface area contributed by atoms with Crippen molar-refractivity contribution in [3.05, 3.63) is 71.8 Å². The summed E-state index contributed by atoms with van der Waals surface area (Å²) in [4.78, 5) is 10.2. The van der Waals surface area contributed by atoms with E-state index in [4.69, 9.17) is 4.74 Å². The number of aldehydes is 1. The largest absolute Gasteiger partial charge is 0.489 e. The van der Waals surface area contributed by atoms with Crippen molar-refractivity contribution in [1.29, 1.82) is 0 Å². The Morgan fingerprint density at radius 2 is 1.65 bits per heavy atom. The Labute approximate surface area is 119 Å². The molecule has 0 radical (unpaired) electrons. The van der Waals surface area contributed by atoms with Crippen LogP contribution < -0.4 is 4.74 Å². The zero-order valence-corrected chi connectivity index (χ0v) is 11.4. The van der Waals surface area contributed by atoms with Crippen LogP contribution in [0.15, 0.2) is 60.7 Å². The van der Waals surface area contributed by atoms with Gasteiger partial charge in [0.1, 0.15) is 18.6 Å². The van der Waals surface area contributed by atoms with Crippen molar-refractivity contribution in [2.45, 2.75) is 19.4 Å². The second kappa shape index (κ2) is 7.95. The lowest BCUT2D eigenvalue weighted by atomic mass is 10.2. The third-order valence-corrected chi connectivity index (χ3v) is 2.89. The van der Waals surface area contributed by atoms with E-state index in [1.165, 1.54) is 0 Å². The predicted molar refractivity (Wildman–Crippen MR) is 81.5 cm³/mol. The Balaban J connectivity index is 1.85. The van der Waals surface area contributed by atoms with Crippen LogP contribution in [0.1, 0.15) is 24.0 Å². The van der Waals surface area contributed by atoms with Crippen LogP contribution in [0.4, 0.5) is 0 Å². The highest BCUT2D eigenvalue weighted by Gasteiger charge is 1.95. The molecule has 2 rings (SSSR count). The third-order valence-electron chi connectivity index (χ3n) is 2.89. The van der Waals surface area contributed by atoms with E-state index >= 15 is 0 Å². The van der Waals surface area contributed by atoms with E-state index in [1.54, 1.807) is 0 Å². The monoisotopic (exact) mass is 266 g/mol. The standard InChI is InChI=1S/C18H18O2/c19-14-6-2-5-7-16-10-12-18(13-11-16)20-15-17-8-3-1-4-9-17/h1,3-5,7-14H,2,6,15H2. The number of benzene rings is 2. The number of allylic oxidation sites excluding steroid dienone is 1. The molecule has 0 unspecified atom stereocenters. The van der Waals surface area contributed by atoms with Crippen molar-refractivity contribution in [2.75, 3.05) is 0 Å². The van der Waals surface area contributed by atoms with E-state index in [-0.39, 0.29) is 0 Å². The highest BCUT2D eigenvalue weighted by molar-refractivity contribution is 5.53. The minimum atomic E-state index is 0.578. The van der Waals surface area contributed by atoms with Crippen LogP contribution in [0, 0.1) is 0 Å². The van der Waals surface area contributed by atoms with E-state index in [9.17, 15) is 4.79 Å². The van der Waals surface area contributed by atoms with Gasteiger partial charge < -0.3 is 9.53 Å². The summed E-state index contributed by atoms with van der Waals surface area (Å²) in [5.41, 5.74) is 2.27. The van der Waals surface area contributed by atoms with E-state index in [0.29, 0.717) is 13.0 Å². The molecule has 0 bridgehead atoms. The molecule has 0 amide bonds. The first-order chi connectivity index (χ1) is 9.88. The molecule has 2 heteroatoms. The van der Waals surface area contributed by atoms with Crippen LogP contribution in [-0.2, 0) is 11.4 Å². The first-order valence-electron chi connectivity index (χ1n) is 6.75. The summed E-state index contributed by atoms with van der Waals surface area (Å²) in [6, 6.07) is 18.0. The lowest BCUT2D eigenvalue weighted by Gasteiger charge is -2.06. The molecule has 0 N–H and O–H groups in total. The molecule has 0 saturated heterocycles. The molecular weight excluding hydrogens is 248 g/mol. The SMILES string of the molecule is O=CCCC=Cc1ccc(OCc2ccccc2)cc1. The van der Waals surface area contributed by atoms with Crippen LogP contribution in [0.5, 0.6) is 5.75 Å². The molecule has 2 aromatic rings. The van der Waals surface area contributed by atoms with Gasteiger partial charge in [0.05, 0.1) is 0 Å². The normalized spacial score (nSPS) is 10.6. The van der Waals surface area contributed by atoms with E-state index in [1.807, 2.05) is 66.7 Å². The van der Waals surface area contributed by atoms with Crippen LogP contribution in [0.2, 0.25) is 0 Å². The Hall–Kier alpha value is -2.35. The molecule has 0 spiro atoms. The second-order valence-corrected chi connectivity index (χ2v) is 4.49. The van der Waals surface area contributed by atoms with Gasteiger partial charge in [-0.1, -0.05) is 54.6 Å². The van der Waals surface area contributed by atoms with Crippen molar-refractivity contribution in [2.24, 2.45) is 0 Å². The number of unbranched alkanes of at least 4 members (excludes halogenated alkanes) is 1. The van der Waals surface area contributed by atoms with Crippen molar-refractivity contribution < 1.29 is 9.53 Å². The van der Waals surface area contributed by atoms with Gasteiger partial charge in [-0.05, 0) is 29.7 Å². The number of rotatable bonds is 7. The Morgan fingerprint density at radius 1 is 0.900 bits per heavy atom. The maximum Gasteiger partial charge on any atom is 0.120 e. The van der Waals surface area contributed by atoms with Gasteiger partial charge >= 0.3 is 0 Å². The topological polar surface area (TPSA) is 26.3 Å². The van der Waals surface area contributed by atoms with E-state index in [0.717, 1.165) is 29.6 Å². The Morgan fingerprint density at radius 3 is 2.35 bits per heavy atom. The fourth-order valence-corrected chi connectivity index (χ4v) is 1.80. The van der Waals surface area contributed by atoms with Crippen LogP contribution in [-0.4, -0.2) is 6.29 Å². The fourth-order valence-electron chi connectivity index (χ4n) is 1.80. The molecule has 0 aliphatic carbocycles. The Kier molecular flexibility index (Phi) is 5.59. The van der Waals surface area contributed by atoms with Gasteiger partial charge in [-0.25, -0.2) is 0 Å². The lowest BCUT2D eigenvalue weighted by Crippen LogP contribution is -1.94. The quantitative estimate of drug-likeness (QED) is 0.553. The molecule has 0 aliphatic rings. The highest BCUT2D eigenvalue weighted by atomic mass is 16.5. The number of hydrogen-bond donors (Lipinski definition) is 0. The number of carbonyl (C=O) groups is 1. The molecule has 102 valence electrons. The maximum absolute atomic E-state index is 10.2. The summed E-state index contributed by atoms with van der Waals surface area (Å²) in [7, 11) is 0. The molecule has 0 fully saturated rings. The van der Waals surface area contributed by atoms with Crippen molar-refractivity contribution in [1.82, 2.24) is 0 Å². The average Bonchev–Trinajstić information content (AvgIpc) is 2.52. The van der Waals surface area contributed by atoms with Gasteiger partial charge in [0.15, 0.2) is 0 Å². The van der Waals surface area contributed by atoms with Gasteiger partial charge in [-0.15, -0.1) is 0 Å². The lowest BCUT2D eigenvalue weighted by molar-refractivity contribution is -0.107. The zero-order chi connectivity index (χ0) is 14.0. The Bertz CT molecular complexity index is 541. The summed E-state index contributed by atoms with van der Waals surface area (Å²) in [5.74, 6) is 0.860. The average molecular weight is 266 g/mol. The van der Waals surface area contributed by atoms with Gasteiger partial charge in [0.25, 0.3) is 0 Å². The van der Waals surface area contributed by atoms with Crippen molar-refractivity contribution >= 4 is 12.4 Å². The number of hydrogen-bond acceptors (Lipinski definition) is 2. The van der Waals surface area contributed by atoms with Gasteiger partial charge in [-0.3, -0.25) is 0 Å². The van der Waals surface area contributed by atoms with Crippen LogP contribution >= 0.6 is 0 Å². The molecule has 2 aromatic carbocycles. The van der Waals surface area contributed by atoms with Crippen molar-refractivity contribution in [3.63, 3.8) is 0 Å². The van der Waals surface area contributed by atoms with Crippen LogP contribution in [0.3, 0.4) is 0 Å². The fraction of sp³-hybridized carbons (Fsp3) is 0.167. The minimum Gasteiger partial charge on any atom is -0.489 e. The molecule has 2 nitrogen and oxygen atoms in total. The predicted octanol–water partition coefficient (Wildman–Crippen LogP) is 4.26. The molecule has 0 aromatic heterocycles. The van der Waals surface area contributed by atoms with Gasteiger partial charge in [0, 0.05) is 6.42 Å². The van der Waals surface area contributed by atoms with Gasteiger partial charge in [-0.2, -0.15) is 0 Å². The first kappa shape index (κ1) is 14.1. The minimum absolute atomic E-state index is 0.578.